The van der Waals surface area contributed by atoms with E-state index in [2.05, 4.69) is 17.2 Å². The topological polar surface area (TPSA) is 163 Å². The van der Waals surface area contributed by atoms with Crippen molar-refractivity contribution in [2.75, 3.05) is 21.2 Å². The van der Waals surface area contributed by atoms with Gasteiger partial charge in [0, 0.05) is 30.7 Å². The van der Waals surface area contributed by atoms with E-state index in [9.17, 15) is 25.2 Å². The monoisotopic (exact) mass is 781 g/mol. The summed E-state index contributed by atoms with van der Waals surface area (Å²) in [6.07, 6.45) is -5.99. The van der Waals surface area contributed by atoms with Crippen LogP contribution < -0.4 is 0 Å². The zero-order valence-electron chi connectivity index (χ0n) is 35.4. The summed E-state index contributed by atoms with van der Waals surface area (Å²) in [5, 5.41) is 56.7. The van der Waals surface area contributed by atoms with Gasteiger partial charge in [0.2, 0.25) is 0 Å². The van der Waals surface area contributed by atoms with Gasteiger partial charge >= 0.3 is 5.97 Å². The van der Waals surface area contributed by atoms with E-state index < -0.39 is 77.7 Å². The van der Waals surface area contributed by atoms with Crippen molar-refractivity contribution in [3.05, 3.63) is 60.2 Å². The smallest absolute Gasteiger partial charge is 0.311 e. The third-order valence-electron chi connectivity index (χ3n) is 12.3. The molecule has 2 aliphatic rings. The Morgan fingerprint density at radius 3 is 2.11 bits per heavy atom. The molecular weight excluding hydrogens is 714 g/mol. The maximum atomic E-state index is 13.7. The first kappa shape index (κ1) is 45.6. The van der Waals surface area contributed by atoms with Crippen LogP contribution >= 0.6 is 0 Å². The first-order chi connectivity index (χ1) is 26.3. The highest BCUT2D eigenvalue weighted by Crippen LogP contribution is 2.39. The van der Waals surface area contributed by atoms with Crippen LogP contribution in [0.15, 0.2) is 64.8 Å². The summed E-state index contributed by atoms with van der Waals surface area (Å²) in [5.74, 6) is -3.71. The van der Waals surface area contributed by atoms with Crippen molar-refractivity contribution in [3.8, 4) is 11.1 Å². The first-order valence-electron chi connectivity index (χ1n) is 20.0. The highest BCUT2D eigenvalue weighted by Gasteiger charge is 2.51. The average molecular weight is 782 g/mol. The van der Waals surface area contributed by atoms with E-state index in [1.54, 1.807) is 34.8 Å². The largest absolute Gasteiger partial charge is 0.459 e. The zero-order valence-corrected chi connectivity index (χ0v) is 35.4. The summed E-state index contributed by atoms with van der Waals surface area (Å²) in [6.45, 7) is 15.9. The number of likely N-dealkylation sites (N-methyl/N-ethyl adjacent to an activating group) is 1. The minimum atomic E-state index is -1.89. The van der Waals surface area contributed by atoms with Crippen molar-refractivity contribution in [1.29, 1.82) is 0 Å². The second kappa shape index (κ2) is 19.1. The fourth-order valence-corrected chi connectivity index (χ4v) is 8.51. The van der Waals surface area contributed by atoms with Crippen LogP contribution in [0.4, 0.5) is 0 Å². The van der Waals surface area contributed by atoms with Crippen molar-refractivity contribution in [2.45, 2.75) is 142 Å². The van der Waals surface area contributed by atoms with Crippen LogP contribution in [0.2, 0.25) is 0 Å². The number of carbonyl (C=O) groups excluding carboxylic acids is 1. The predicted molar refractivity (Wildman–Crippen MR) is 218 cm³/mol. The third-order valence-corrected chi connectivity index (χ3v) is 12.3. The fourth-order valence-electron chi connectivity index (χ4n) is 8.51. The van der Waals surface area contributed by atoms with E-state index in [0.29, 0.717) is 17.8 Å². The Bertz CT molecular complexity index is 1630. The Morgan fingerprint density at radius 2 is 1.54 bits per heavy atom. The van der Waals surface area contributed by atoms with Crippen LogP contribution in [-0.4, -0.2) is 124 Å². The number of aliphatic hydroxyl groups is 4. The maximum Gasteiger partial charge on any atom is 0.311 e. The van der Waals surface area contributed by atoms with E-state index in [0.717, 1.165) is 16.7 Å². The first-order valence-corrected chi connectivity index (χ1v) is 20.0. The molecule has 2 aromatic carbocycles. The Kier molecular flexibility index (Phi) is 15.6. The Balaban J connectivity index is 1.82. The average Bonchev–Trinajstić information content (AvgIpc) is 3.18. The van der Waals surface area contributed by atoms with Crippen molar-refractivity contribution >= 4 is 17.4 Å². The van der Waals surface area contributed by atoms with Gasteiger partial charge in [0.1, 0.15) is 17.8 Å². The Labute approximate surface area is 333 Å². The van der Waals surface area contributed by atoms with Gasteiger partial charge in [0.25, 0.3) is 0 Å². The molecule has 2 heterocycles. The van der Waals surface area contributed by atoms with Gasteiger partial charge in [-0.05, 0) is 90.6 Å². The summed E-state index contributed by atoms with van der Waals surface area (Å²) in [7, 11) is 5.35. The normalized spacial score (nSPS) is 39.0. The van der Waals surface area contributed by atoms with E-state index in [-0.39, 0.29) is 25.0 Å². The number of hydrogen-bond acceptors (Lipinski definition) is 12. The number of methoxy groups -OCH3 is 1. The Morgan fingerprint density at radius 1 is 0.929 bits per heavy atom. The molecule has 14 unspecified atom stereocenters. The van der Waals surface area contributed by atoms with E-state index >= 15 is 0 Å². The maximum absolute atomic E-state index is 13.7. The number of carbonyl (C=O) groups is 1. The van der Waals surface area contributed by atoms with Gasteiger partial charge < -0.3 is 44.3 Å². The van der Waals surface area contributed by atoms with Gasteiger partial charge in [-0.25, -0.2) is 0 Å². The lowest BCUT2D eigenvalue weighted by Gasteiger charge is -2.48. The predicted octanol–water partition coefficient (Wildman–Crippen LogP) is 5.48. The molecule has 4 rings (SSSR count). The number of benzene rings is 2. The third kappa shape index (κ3) is 10.1. The zero-order chi connectivity index (χ0) is 41.7. The van der Waals surface area contributed by atoms with Crippen molar-refractivity contribution in [2.24, 2.45) is 33.9 Å². The highest BCUT2D eigenvalue weighted by atomic mass is 16.7. The van der Waals surface area contributed by atoms with Crippen LogP contribution in [0.1, 0.15) is 87.1 Å². The molecule has 2 aromatic rings. The molecule has 12 nitrogen and oxygen atoms in total. The molecule has 56 heavy (non-hydrogen) atoms. The molecule has 0 amide bonds. The number of rotatable bonds is 8. The Hall–Kier alpha value is -3.07. The molecule has 0 radical (unpaired) electrons. The quantitative estimate of drug-likeness (QED) is 0.153. The van der Waals surface area contributed by atoms with Crippen LogP contribution in [-0.2, 0) is 23.7 Å². The highest BCUT2D eigenvalue weighted by molar-refractivity contribution is 6.00. The van der Waals surface area contributed by atoms with E-state index in [1.165, 1.54) is 6.92 Å². The summed E-state index contributed by atoms with van der Waals surface area (Å²) in [6, 6.07) is 17.9. The molecule has 312 valence electrons. The lowest BCUT2D eigenvalue weighted by atomic mass is 9.73. The van der Waals surface area contributed by atoms with Crippen LogP contribution in [0.25, 0.3) is 11.1 Å². The lowest BCUT2D eigenvalue weighted by molar-refractivity contribution is -0.301. The van der Waals surface area contributed by atoms with Gasteiger partial charge in [0.05, 0.1) is 41.6 Å². The summed E-state index contributed by atoms with van der Waals surface area (Å²) >= 11 is 0. The second-order valence-corrected chi connectivity index (χ2v) is 16.8. The molecule has 0 aromatic heterocycles. The summed E-state index contributed by atoms with van der Waals surface area (Å²) < 4.78 is 25.1. The van der Waals surface area contributed by atoms with E-state index in [1.807, 2.05) is 89.2 Å². The molecule has 0 bridgehead atoms. The lowest BCUT2D eigenvalue weighted by Crippen LogP contribution is -2.60. The van der Waals surface area contributed by atoms with Crippen LogP contribution in [0, 0.1) is 23.7 Å². The van der Waals surface area contributed by atoms with Gasteiger partial charge in [-0.1, -0.05) is 82.3 Å². The van der Waals surface area contributed by atoms with E-state index in [4.69, 9.17) is 24.0 Å². The van der Waals surface area contributed by atoms with Crippen molar-refractivity contribution in [1.82, 2.24) is 4.90 Å². The molecular formula is C44H67N3O9. The van der Waals surface area contributed by atoms with Gasteiger partial charge in [0.15, 0.2) is 6.29 Å². The molecule has 12 heteroatoms. The van der Waals surface area contributed by atoms with Crippen molar-refractivity contribution < 1.29 is 44.2 Å². The number of ether oxygens (including phenoxy) is 4. The van der Waals surface area contributed by atoms with Crippen LogP contribution in [0.5, 0.6) is 0 Å². The fraction of sp³-hybridized carbons (Fsp3) is 0.659. The van der Waals surface area contributed by atoms with Crippen molar-refractivity contribution in [3.63, 3.8) is 0 Å². The molecule has 4 N–H and O–H groups in total. The number of esters is 1. The molecule has 2 aliphatic heterocycles. The summed E-state index contributed by atoms with van der Waals surface area (Å²) in [4.78, 5) is 15.6. The summed E-state index contributed by atoms with van der Waals surface area (Å²) in [5.41, 5.74) is 1.11. The molecule has 14 atom stereocenters. The molecule has 0 saturated carbocycles. The molecule has 0 aliphatic carbocycles. The molecule has 2 fully saturated rings. The van der Waals surface area contributed by atoms with Gasteiger partial charge in [-0.15, -0.1) is 0 Å². The number of cyclic esters (lactones) is 1. The number of hydrogen-bond donors (Lipinski definition) is 4. The standard InChI is InChI=1S/C44H67N3O9/c1-13-35-44(9,52)39(50)27(4)36(46-45-30(7)31-19-21-33(22-20-31)32-17-15-14-16-18-32)25(2)24-43(8,53-12)40(28(5)37(48)29(6)41(51)55-35)56-42-38(49)34(47(10)11)23-26(3)54-42/h14-22,25-29,34-35,37-40,42,48-50,52H,13,23-24H2,1-12H3. The number of aliphatic hydroxyl groups excluding tert-OH is 3. The molecule has 2 saturated heterocycles. The minimum Gasteiger partial charge on any atom is -0.459 e. The number of nitrogens with zero attached hydrogens (tertiary/aromatic N) is 3. The van der Waals surface area contributed by atoms with Gasteiger partial charge in [-0.2, -0.15) is 10.2 Å². The minimum absolute atomic E-state index is 0.203. The molecule has 0 spiro atoms. The van der Waals surface area contributed by atoms with Crippen LogP contribution in [0.3, 0.4) is 0 Å². The van der Waals surface area contributed by atoms with Gasteiger partial charge in [-0.3, -0.25) is 4.79 Å². The second-order valence-electron chi connectivity index (χ2n) is 16.8. The SMILES string of the molecule is CCC1OC(=O)C(C)C(O)C(C)C(OC2OC(C)CC(N(C)C)C2O)C(C)(OC)CC(C)C(=NN=C(C)c2ccc(-c3ccccc3)cc2)C(C)C(O)C1(C)O.